The smallest absolute Gasteiger partial charge is 0.251 e. The minimum atomic E-state index is -0.578. The standard InChI is InChI=1S/C17H18N6O2S2/c1-9-4-5-13(10(2)8-9)23-17(20-21-22-23)27-11(3)15(25)19-16-12(14(18)24)6-7-26-16/h4-8,11H,1-3H3,(H2,18,24)(H,19,25)/t11-/m1/s1. The zero-order valence-electron chi connectivity index (χ0n) is 15.0. The van der Waals surface area contributed by atoms with Crippen LogP contribution in [0.25, 0.3) is 5.69 Å². The summed E-state index contributed by atoms with van der Waals surface area (Å²) in [6, 6.07) is 7.56. The van der Waals surface area contributed by atoms with Crippen LogP contribution in [0, 0.1) is 13.8 Å². The number of nitrogens with two attached hydrogens (primary N) is 1. The van der Waals surface area contributed by atoms with E-state index in [1.54, 1.807) is 23.1 Å². The molecular weight excluding hydrogens is 384 g/mol. The van der Waals surface area contributed by atoms with Gasteiger partial charge in [0.15, 0.2) is 0 Å². The third-order valence-corrected chi connectivity index (χ3v) is 5.70. The van der Waals surface area contributed by atoms with Gasteiger partial charge >= 0.3 is 0 Å². The van der Waals surface area contributed by atoms with Crippen LogP contribution >= 0.6 is 23.1 Å². The van der Waals surface area contributed by atoms with Crippen LogP contribution in [0.15, 0.2) is 34.8 Å². The Labute approximate surface area is 164 Å². The molecule has 10 heteroatoms. The van der Waals surface area contributed by atoms with Gasteiger partial charge in [-0.15, -0.1) is 16.4 Å². The third kappa shape index (κ3) is 4.17. The molecular formula is C17H18N6O2S2. The zero-order valence-corrected chi connectivity index (χ0v) is 16.6. The van der Waals surface area contributed by atoms with Crippen molar-refractivity contribution in [1.82, 2.24) is 20.2 Å². The Morgan fingerprint density at radius 3 is 2.78 bits per heavy atom. The fourth-order valence-corrected chi connectivity index (χ4v) is 4.07. The molecule has 1 atom stereocenters. The predicted molar refractivity (Wildman–Crippen MR) is 105 cm³/mol. The van der Waals surface area contributed by atoms with Gasteiger partial charge < -0.3 is 11.1 Å². The molecule has 2 amide bonds. The van der Waals surface area contributed by atoms with Crippen LogP contribution in [0.2, 0.25) is 0 Å². The molecule has 8 nitrogen and oxygen atoms in total. The van der Waals surface area contributed by atoms with Gasteiger partial charge in [0.05, 0.1) is 16.5 Å². The normalized spacial score (nSPS) is 12.0. The SMILES string of the molecule is Cc1ccc(-n2nnnc2S[C@H](C)C(=O)Nc2sccc2C(N)=O)c(C)c1. The fraction of sp³-hybridized carbons (Fsp3) is 0.235. The van der Waals surface area contributed by atoms with Gasteiger partial charge in [-0.1, -0.05) is 29.5 Å². The van der Waals surface area contributed by atoms with E-state index in [0.29, 0.717) is 15.7 Å². The highest BCUT2D eigenvalue weighted by Crippen LogP contribution is 2.27. The number of thiophene rings is 1. The van der Waals surface area contributed by atoms with Crippen LogP contribution < -0.4 is 11.1 Å². The van der Waals surface area contributed by atoms with E-state index in [0.717, 1.165) is 16.8 Å². The average Bonchev–Trinajstić information content (AvgIpc) is 3.24. The van der Waals surface area contributed by atoms with Crippen molar-refractivity contribution in [2.24, 2.45) is 5.73 Å². The summed E-state index contributed by atoms with van der Waals surface area (Å²) in [5.41, 5.74) is 8.64. The zero-order chi connectivity index (χ0) is 19.6. The lowest BCUT2D eigenvalue weighted by atomic mass is 10.1. The predicted octanol–water partition coefficient (Wildman–Crippen LogP) is 2.56. The summed E-state index contributed by atoms with van der Waals surface area (Å²) < 4.78 is 1.61. The number of amides is 2. The van der Waals surface area contributed by atoms with Crippen molar-refractivity contribution in [2.75, 3.05) is 5.32 Å². The number of benzene rings is 1. The number of nitrogens with one attached hydrogen (secondary N) is 1. The molecule has 0 saturated carbocycles. The van der Waals surface area contributed by atoms with Gasteiger partial charge in [0.1, 0.15) is 5.00 Å². The van der Waals surface area contributed by atoms with Crippen molar-refractivity contribution in [3.05, 3.63) is 46.3 Å². The van der Waals surface area contributed by atoms with Gasteiger partial charge in [-0.2, -0.15) is 4.68 Å². The number of aromatic nitrogens is 4. The topological polar surface area (TPSA) is 116 Å². The van der Waals surface area contributed by atoms with E-state index in [1.807, 2.05) is 32.0 Å². The molecule has 0 bridgehead atoms. The summed E-state index contributed by atoms with van der Waals surface area (Å²) in [6.45, 7) is 5.75. The lowest BCUT2D eigenvalue weighted by Crippen LogP contribution is -2.24. The summed E-state index contributed by atoms with van der Waals surface area (Å²) in [6.07, 6.45) is 0. The van der Waals surface area contributed by atoms with E-state index >= 15 is 0 Å². The minimum absolute atomic E-state index is 0.264. The van der Waals surface area contributed by atoms with Gasteiger partial charge in [-0.3, -0.25) is 9.59 Å². The molecule has 3 N–H and O–H groups in total. The van der Waals surface area contributed by atoms with Crippen LogP contribution in [0.1, 0.15) is 28.4 Å². The lowest BCUT2D eigenvalue weighted by Gasteiger charge is -2.12. The monoisotopic (exact) mass is 402 g/mol. The van der Waals surface area contributed by atoms with Crippen molar-refractivity contribution in [2.45, 2.75) is 31.2 Å². The van der Waals surface area contributed by atoms with Crippen LogP contribution in [-0.2, 0) is 4.79 Å². The first kappa shape index (κ1) is 19.1. The van der Waals surface area contributed by atoms with E-state index in [-0.39, 0.29) is 5.91 Å². The van der Waals surface area contributed by atoms with Crippen molar-refractivity contribution >= 4 is 39.9 Å². The highest BCUT2D eigenvalue weighted by molar-refractivity contribution is 8.00. The Bertz CT molecular complexity index is 997. The van der Waals surface area contributed by atoms with Crippen molar-refractivity contribution in [1.29, 1.82) is 0 Å². The molecule has 2 heterocycles. The van der Waals surface area contributed by atoms with E-state index in [2.05, 4.69) is 20.8 Å². The van der Waals surface area contributed by atoms with E-state index in [9.17, 15) is 9.59 Å². The van der Waals surface area contributed by atoms with Crippen LogP contribution in [0.3, 0.4) is 0 Å². The number of nitrogens with zero attached hydrogens (tertiary/aromatic N) is 4. The maximum absolute atomic E-state index is 12.5. The summed E-state index contributed by atoms with van der Waals surface area (Å²) in [5.74, 6) is -0.842. The molecule has 0 fully saturated rings. The first-order valence-electron chi connectivity index (χ1n) is 8.07. The van der Waals surface area contributed by atoms with Crippen LogP contribution in [-0.4, -0.2) is 37.3 Å². The Balaban J connectivity index is 1.76. The summed E-state index contributed by atoms with van der Waals surface area (Å²) in [4.78, 5) is 23.9. The minimum Gasteiger partial charge on any atom is -0.366 e. The molecule has 3 aromatic rings. The van der Waals surface area contributed by atoms with Gasteiger partial charge in [-0.25, -0.2) is 0 Å². The molecule has 0 radical (unpaired) electrons. The van der Waals surface area contributed by atoms with Gasteiger partial charge in [0, 0.05) is 0 Å². The maximum atomic E-state index is 12.5. The molecule has 0 aliphatic heterocycles. The van der Waals surface area contributed by atoms with Gasteiger partial charge in [-0.05, 0) is 54.3 Å². The largest absolute Gasteiger partial charge is 0.366 e. The highest BCUT2D eigenvalue weighted by Gasteiger charge is 2.22. The number of thioether (sulfide) groups is 1. The average molecular weight is 403 g/mol. The summed E-state index contributed by atoms with van der Waals surface area (Å²) >= 11 is 2.48. The number of primary amides is 1. The van der Waals surface area contributed by atoms with Gasteiger partial charge in [0.25, 0.3) is 5.91 Å². The second-order valence-electron chi connectivity index (χ2n) is 5.94. The first-order valence-corrected chi connectivity index (χ1v) is 9.83. The molecule has 0 unspecified atom stereocenters. The molecule has 0 saturated heterocycles. The molecule has 0 spiro atoms. The number of anilines is 1. The summed E-state index contributed by atoms with van der Waals surface area (Å²) in [5, 5.41) is 16.7. The quantitative estimate of drug-likeness (QED) is 0.612. The fourth-order valence-electron chi connectivity index (χ4n) is 2.47. The molecule has 0 aliphatic carbocycles. The number of carbonyl (C=O) groups is 2. The molecule has 2 aromatic heterocycles. The van der Waals surface area contributed by atoms with Crippen molar-refractivity contribution < 1.29 is 9.59 Å². The van der Waals surface area contributed by atoms with Crippen LogP contribution in [0.5, 0.6) is 0 Å². The Kier molecular flexibility index (Phi) is 5.57. The van der Waals surface area contributed by atoms with E-state index in [1.165, 1.54) is 23.1 Å². The van der Waals surface area contributed by atoms with Crippen molar-refractivity contribution in [3.63, 3.8) is 0 Å². The second kappa shape index (κ2) is 7.89. The number of rotatable bonds is 6. The number of hydrogen-bond donors (Lipinski definition) is 2. The maximum Gasteiger partial charge on any atom is 0.251 e. The highest BCUT2D eigenvalue weighted by atomic mass is 32.2. The Morgan fingerprint density at radius 1 is 1.30 bits per heavy atom. The molecule has 3 rings (SSSR count). The molecule has 0 aliphatic rings. The molecule has 27 heavy (non-hydrogen) atoms. The number of tetrazole rings is 1. The van der Waals surface area contributed by atoms with Crippen molar-refractivity contribution in [3.8, 4) is 5.69 Å². The Morgan fingerprint density at radius 2 is 2.07 bits per heavy atom. The number of aryl methyl sites for hydroxylation is 2. The number of hydrogen-bond acceptors (Lipinski definition) is 7. The molecule has 1 aromatic carbocycles. The second-order valence-corrected chi connectivity index (χ2v) is 8.16. The molecule has 140 valence electrons. The number of carbonyl (C=O) groups excluding carboxylic acids is 2. The van der Waals surface area contributed by atoms with Crippen LogP contribution in [0.4, 0.5) is 5.00 Å². The Hall–Kier alpha value is -2.72. The first-order chi connectivity index (χ1) is 12.9. The van der Waals surface area contributed by atoms with Gasteiger partial charge in [0.2, 0.25) is 11.1 Å². The third-order valence-electron chi connectivity index (χ3n) is 3.84. The summed E-state index contributed by atoms with van der Waals surface area (Å²) in [7, 11) is 0. The van der Waals surface area contributed by atoms with E-state index in [4.69, 9.17) is 5.73 Å². The van der Waals surface area contributed by atoms with E-state index < -0.39 is 11.2 Å². The lowest BCUT2D eigenvalue weighted by molar-refractivity contribution is -0.115.